The van der Waals surface area contributed by atoms with Crippen LogP contribution in [0.1, 0.15) is 39.0 Å². The number of nitrogens with one attached hydrogen (secondary N) is 1. The molecular formula is C15H22ClN3O. The van der Waals surface area contributed by atoms with Crippen molar-refractivity contribution in [1.82, 2.24) is 9.78 Å². The summed E-state index contributed by atoms with van der Waals surface area (Å²) >= 11 is 6.14. The van der Waals surface area contributed by atoms with E-state index in [9.17, 15) is 4.79 Å². The standard InChI is InChI=1S/C15H22ClN3O/c1-3-9-19-15(20)14(16)13(10-17-19)18-12-7-5-11(4-2)6-8-12/h3,10-12,18H,1,4-9H2,2H3. The molecule has 0 amide bonds. The van der Waals surface area contributed by atoms with Crippen molar-refractivity contribution in [3.8, 4) is 0 Å². The third-order valence-electron chi connectivity index (χ3n) is 4.07. The van der Waals surface area contributed by atoms with Crippen molar-refractivity contribution in [1.29, 1.82) is 0 Å². The average molecular weight is 296 g/mol. The van der Waals surface area contributed by atoms with E-state index in [-0.39, 0.29) is 10.6 Å². The Balaban J connectivity index is 2.05. The highest BCUT2D eigenvalue weighted by atomic mass is 35.5. The Morgan fingerprint density at radius 2 is 2.20 bits per heavy atom. The first-order valence-corrected chi connectivity index (χ1v) is 7.66. The van der Waals surface area contributed by atoms with Gasteiger partial charge in [0, 0.05) is 6.04 Å². The van der Waals surface area contributed by atoms with Crippen LogP contribution in [0.5, 0.6) is 0 Å². The molecule has 1 saturated carbocycles. The number of anilines is 1. The van der Waals surface area contributed by atoms with E-state index in [0.717, 1.165) is 18.8 Å². The highest BCUT2D eigenvalue weighted by Crippen LogP contribution is 2.29. The highest BCUT2D eigenvalue weighted by molar-refractivity contribution is 6.32. The van der Waals surface area contributed by atoms with E-state index in [1.807, 2.05) is 0 Å². The van der Waals surface area contributed by atoms with Gasteiger partial charge in [-0.3, -0.25) is 4.79 Å². The van der Waals surface area contributed by atoms with Gasteiger partial charge in [-0.05, 0) is 31.6 Å². The Hall–Kier alpha value is -1.29. The number of aromatic nitrogens is 2. The number of hydrogen-bond acceptors (Lipinski definition) is 3. The molecule has 0 bridgehead atoms. The molecule has 4 nitrogen and oxygen atoms in total. The predicted octanol–water partition coefficient (Wildman–Crippen LogP) is 3.46. The largest absolute Gasteiger partial charge is 0.380 e. The van der Waals surface area contributed by atoms with Crippen LogP contribution in [0.25, 0.3) is 0 Å². The van der Waals surface area contributed by atoms with Crippen molar-refractivity contribution in [2.45, 2.75) is 51.6 Å². The first-order chi connectivity index (χ1) is 9.65. The van der Waals surface area contributed by atoms with E-state index in [1.54, 1.807) is 12.3 Å². The fourth-order valence-electron chi connectivity index (χ4n) is 2.75. The molecule has 0 radical (unpaired) electrons. The molecule has 0 atom stereocenters. The van der Waals surface area contributed by atoms with Gasteiger partial charge in [-0.2, -0.15) is 5.10 Å². The molecule has 1 aliphatic rings. The second-order valence-electron chi connectivity index (χ2n) is 5.42. The second kappa shape index (κ2) is 6.93. The summed E-state index contributed by atoms with van der Waals surface area (Å²) in [5, 5.41) is 7.70. The number of hydrogen-bond donors (Lipinski definition) is 1. The number of halogens is 1. The van der Waals surface area contributed by atoms with Crippen molar-refractivity contribution in [2.24, 2.45) is 5.92 Å². The fraction of sp³-hybridized carbons (Fsp3) is 0.600. The quantitative estimate of drug-likeness (QED) is 0.846. The summed E-state index contributed by atoms with van der Waals surface area (Å²) in [7, 11) is 0. The third-order valence-corrected chi connectivity index (χ3v) is 4.44. The Kier molecular flexibility index (Phi) is 5.24. The van der Waals surface area contributed by atoms with E-state index in [2.05, 4.69) is 23.9 Å². The highest BCUT2D eigenvalue weighted by Gasteiger charge is 2.21. The summed E-state index contributed by atoms with van der Waals surface area (Å²) in [6.45, 7) is 6.22. The first kappa shape index (κ1) is 15.1. The van der Waals surface area contributed by atoms with Gasteiger partial charge in [-0.1, -0.05) is 31.0 Å². The molecule has 1 N–H and O–H groups in total. The van der Waals surface area contributed by atoms with E-state index < -0.39 is 0 Å². The molecule has 1 heterocycles. The average Bonchev–Trinajstić information content (AvgIpc) is 2.48. The van der Waals surface area contributed by atoms with Gasteiger partial charge in [0.25, 0.3) is 5.56 Å². The smallest absolute Gasteiger partial charge is 0.287 e. The van der Waals surface area contributed by atoms with Crippen LogP contribution in [0, 0.1) is 5.92 Å². The van der Waals surface area contributed by atoms with Gasteiger partial charge in [0.1, 0.15) is 5.02 Å². The van der Waals surface area contributed by atoms with Gasteiger partial charge in [0.15, 0.2) is 0 Å². The summed E-state index contributed by atoms with van der Waals surface area (Å²) < 4.78 is 1.31. The van der Waals surface area contributed by atoms with Crippen molar-refractivity contribution in [2.75, 3.05) is 5.32 Å². The van der Waals surface area contributed by atoms with Crippen molar-refractivity contribution < 1.29 is 0 Å². The molecule has 1 aromatic heterocycles. The van der Waals surface area contributed by atoms with Crippen LogP contribution in [0.3, 0.4) is 0 Å². The van der Waals surface area contributed by atoms with Crippen LogP contribution in [0.2, 0.25) is 5.02 Å². The van der Waals surface area contributed by atoms with Crippen molar-refractivity contribution in [3.05, 3.63) is 34.2 Å². The normalized spacial score (nSPS) is 22.5. The van der Waals surface area contributed by atoms with Gasteiger partial charge in [-0.25, -0.2) is 4.68 Å². The molecule has 1 fully saturated rings. The van der Waals surface area contributed by atoms with Gasteiger partial charge >= 0.3 is 0 Å². The van der Waals surface area contributed by atoms with Crippen LogP contribution < -0.4 is 10.9 Å². The maximum atomic E-state index is 12.0. The fourth-order valence-corrected chi connectivity index (χ4v) is 2.95. The van der Waals surface area contributed by atoms with Gasteiger partial charge in [-0.15, -0.1) is 6.58 Å². The number of nitrogens with zero attached hydrogens (tertiary/aromatic N) is 2. The maximum absolute atomic E-state index is 12.0. The van der Waals surface area contributed by atoms with E-state index in [1.165, 1.54) is 23.9 Å². The van der Waals surface area contributed by atoms with Gasteiger partial charge in [0.2, 0.25) is 0 Å². The molecule has 5 heteroatoms. The Labute approximate surface area is 124 Å². The predicted molar refractivity (Wildman–Crippen MR) is 83.4 cm³/mol. The molecule has 20 heavy (non-hydrogen) atoms. The lowest BCUT2D eigenvalue weighted by atomic mass is 9.84. The van der Waals surface area contributed by atoms with Gasteiger partial charge < -0.3 is 5.32 Å². The van der Waals surface area contributed by atoms with Gasteiger partial charge in [0.05, 0.1) is 18.4 Å². The molecule has 0 aliphatic heterocycles. The SMILES string of the molecule is C=CCn1ncc(NC2CCC(CC)CC2)c(Cl)c1=O. The lowest BCUT2D eigenvalue weighted by Crippen LogP contribution is -2.29. The van der Waals surface area contributed by atoms with Crippen molar-refractivity contribution >= 4 is 17.3 Å². The lowest BCUT2D eigenvalue weighted by molar-refractivity contribution is 0.330. The molecule has 0 unspecified atom stereocenters. The Bertz CT molecular complexity index is 518. The summed E-state index contributed by atoms with van der Waals surface area (Å²) in [6.07, 6.45) is 9.27. The molecule has 1 aromatic rings. The monoisotopic (exact) mass is 295 g/mol. The van der Waals surface area contributed by atoms with Crippen LogP contribution >= 0.6 is 11.6 Å². The van der Waals surface area contributed by atoms with Crippen LogP contribution in [-0.4, -0.2) is 15.8 Å². The summed E-state index contributed by atoms with van der Waals surface area (Å²) in [5.74, 6) is 0.849. The summed E-state index contributed by atoms with van der Waals surface area (Å²) in [6, 6.07) is 0.395. The molecule has 2 rings (SSSR count). The minimum Gasteiger partial charge on any atom is -0.380 e. The third kappa shape index (κ3) is 3.42. The maximum Gasteiger partial charge on any atom is 0.287 e. The first-order valence-electron chi connectivity index (χ1n) is 7.28. The van der Waals surface area contributed by atoms with Crippen molar-refractivity contribution in [3.63, 3.8) is 0 Å². The Morgan fingerprint density at radius 3 is 2.80 bits per heavy atom. The van der Waals surface area contributed by atoms with E-state index in [0.29, 0.717) is 18.3 Å². The Morgan fingerprint density at radius 1 is 1.50 bits per heavy atom. The molecule has 1 aliphatic carbocycles. The molecular weight excluding hydrogens is 274 g/mol. The van der Waals surface area contributed by atoms with Crippen LogP contribution in [0.4, 0.5) is 5.69 Å². The molecule has 0 aromatic carbocycles. The topological polar surface area (TPSA) is 46.9 Å². The molecule has 0 spiro atoms. The van der Waals surface area contributed by atoms with E-state index >= 15 is 0 Å². The van der Waals surface area contributed by atoms with Crippen LogP contribution in [-0.2, 0) is 6.54 Å². The number of rotatable bonds is 5. The minimum absolute atomic E-state index is 0.222. The minimum atomic E-state index is -0.265. The lowest BCUT2D eigenvalue weighted by Gasteiger charge is -2.29. The molecule has 0 saturated heterocycles. The zero-order valence-electron chi connectivity index (χ0n) is 11.9. The zero-order valence-corrected chi connectivity index (χ0v) is 12.7. The second-order valence-corrected chi connectivity index (χ2v) is 5.80. The summed E-state index contributed by atoms with van der Waals surface area (Å²) in [4.78, 5) is 12.0. The zero-order chi connectivity index (χ0) is 14.5. The van der Waals surface area contributed by atoms with E-state index in [4.69, 9.17) is 11.6 Å². The molecule has 110 valence electrons. The number of allylic oxidation sites excluding steroid dienone is 1. The summed E-state index contributed by atoms with van der Waals surface area (Å²) in [5.41, 5.74) is 0.385. The van der Waals surface area contributed by atoms with Crippen LogP contribution in [0.15, 0.2) is 23.6 Å².